The van der Waals surface area contributed by atoms with Crippen molar-refractivity contribution in [2.24, 2.45) is 0 Å². The summed E-state index contributed by atoms with van der Waals surface area (Å²) in [6.45, 7) is 6.17. The van der Waals surface area contributed by atoms with Crippen LogP contribution in [0.4, 0.5) is 0 Å². The van der Waals surface area contributed by atoms with E-state index in [1.54, 1.807) is 30.3 Å². The third-order valence-electron chi connectivity index (χ3n) is 6.48. The number of benzene rings is 2. The van der Waals surface area contributed by atoms with E-state index >= 15 is 0 Å². The number of morpholine rings is 1. The Balaban J connectivity index is 1.41. The number of amides is 2. The topological polar surface area (TPSA) is 106 Å². The van der Waals surface area contributed by atoms with Gasteiger partial charge in [-0.25, -0.2) is 4.79 Å². The van der Waals surface area contributed by atoms with Crippen molar-refractivity contribution in [1.82, 2.24) is 9.80 Å². The summed E-state index contributed by atoms with van der Waals surface area (Å²) < 4.78 is 16.9. The van der Waals surface area contributed by atoms with Gasteiger partial charge in [0.15, 0.2) is 5.43 Å². The van der Waals surface area contributed by atoms with E-state index in [0.717, 1.165) is 22.1 Å². The van der Waals surface area contributed by atoms with Crippen molar-refractivity contribution in [3.8, 4) is 0 Å². The van der Waals surface area contributed by atoms with Crippen LogP contribution >= 0.6 is 0 Å². The maximum Gasteiger partial charge on any atom is 0.374 e. The Bertz CT molecular complexity index is 1390. The first-order valence-electron chi connectivity index (χ1n) is 11.8. The smallest absolute Gasteiger partial charge is 0.374 e. The zero-order valence-corrected chi connectivity index (χ0v) is 20.1. The molecular weight excluding hydrogens is 464 g/mol. The minimum Gasteiger partial charge on any atom is -0.453 e. The summed E-state index contributed by atoms with van der Waals surface area (Å²) in [4.78, 5) is 54.9. The number of hydrogen-bond donors (Lipinski definition) is 0. The number of carbonyl (C=O) groups excluding carboxylic acids is 3. The number of hydrogen-bond acceptors (Lipinski definition) is 8. The standard InChI is InChI=1S/C27H26N2O7/c1-16-11-17(2)24-21(30)13-23(36-22(24)12-16)27(33)35-18(14-28-7-9-34-10-8-28)15-29-25(31)19-5-3-4-6-20(19)26(29)32/h3-6,11-13,18H,7-10,14-15H2,1-2H3/t18-/m0/s1. The van der Waals surface area contributed by atoms with Gasteiger partial charge in [-0.3, -0.25) is 24.2 Å². The minimum atomic E-state index is -0.835. The zero-order valence-electron chi connectivity index (χ0n) is 20.1. The average Bonchev–Trinajstić information content (AvgIpc) is 3.09. The molecule has 0 unspecified atom stereocenters. The average molecular weight is 491 g/mol. The van der Waals surface area contributed by atoms with Crippen LogP contribution < -0.4 is 5.43 Å². The Morgan fingerprint density at radius 3 is 2.31 bits per heavy atom. The van der Waals surface area contributed by atoms with E-state index in [1.807, 2.05) is 24.8 Å². The molecule has 1 atom stereocenters. The highest BCUT2D eigenvalue weighted by Gasteiger charge is 2.38. The van der Waals surface area contributed by atoms with Crippen LogP contribution in [0.25, 0.3) is 11.0 Å². The Hall–Kier alpha value is -3.82. The normalized spacial score (nSPS) is 16.9. The number of fused-ring (bicyclic) bond motifs is 2. The fraction of sp³-hybridized carbons (Fsp3) is 0.333. The van der Waals surface area contributed by atoms with Gasteiger partial charge in [0.2, 0.25) is 5.76 Å². The van der Waals surface area contributed by atoms with Gasteiger partial charge in [-0.1, -0.05) is 18.2 Å². The highest BCUT2D eigenvalue weighted by molar-refractivity contribution is 6.21. The second kappa shape index (κ2) is 9.67. The molecule has 2 aliphatic heterocycles. The van der Waals surface area contributed by atoms with Gasteiger partial charge < -0.3 is 13.9 Å². The summed E-state index contributed by atoms with van der Waals surface area (Å²) in [5, 5.41) is 0.410. The highest BCUT2D eigenvalue weighted by atomic mass is 16.6. The van der Waals surface area contributed by atoms with Gasteiger partial charge in [-0.2, -0.15) is 0 Å². The third-order valence-corrected chi connectivity index (χ3v) is 6.48. The fourth-order valence-electron chi connectivity index (χ4n) is 4.79. The molecular formula is C27H26N2O7. The molecule has 3 heterocycles. The molecule has 9 heteroatoms. The number of imide groups is 1. The van der Waals surface area contributed by atoms with Crippen LogP contribution in [-0.4, -0.2) is 73.1 Å². The highest BCUT2D eigenvalue weighted by Crippen LogP contribution is 2.24. The molecule has 2 amide bonds. The van der Waals surface area contributed by atoms with E-state index in [9.17, 15) is 19.2 Å². The molecule has 2 aliphatic rings. The lowest BCUT2D eigenvalue weighted by atomic mass is 10.1. The second-order valence-corrected chi connectivity index (χ2v) is 9.14. The van der Waals surface area contributed by atoms with Gasteiger partial charge in [-0.15, -0.1) is 0 Å². The quantitative estimate of drug-likeness (QED) is 0.383. The van der Waals surface area contributed by atoms with Crippen LogP contribution in [0.15, 0.2) is 51.7 Å². The molecule has 1 saturated heterocycles. The number of rotatable bonds is 6. The molecule has 2 aromatic carbocycles. The number of ether oxygens (including phenoxy) is 2. The summed E-state index contributed by atoms with van der Waals surface area (Å²) in [5.74, 6) is -1.92. The van der Waals surface area contributed by atoms with E-state index in [4.69, 9.17) is 13.9 Å². The Labute approximate surface area is 207 Å². The van der Waals surface area contributed by atoms with E-state index in [0.29, 0.717) is 54.9 Å². The van der Waals surface area contributed by atoms with Crippen LogP contribution in [-0.2, 0) is 9.47 Å². The maximum absolute atomic E-state index is 13.1. The number of aryl methyl sites for hydroxylation is 2. The lowest BCUT2D eigenvalue weighted by molar-refractivity contribution is -0.0121. The van der Waals surface area contributed by atoms with Crippen molar-refractivity contribution < 1.29 is 28.3 Å². The Morgan fingerprint density at radius 1 is 0.972 bits per heavy atom. The molecule has 0 bridgehead atoms. The van der Waals surface area contributed by atoms with Gasteiger partial charge in [-0.05, 0) is 43.2 Å². The lowest BCUT2D eigenvalue weighted by Gasteiger charge is -2.31. The molecule has 0 aliphatic carbocycles. The van der Waals surface area contributed by atoms with Crippen LogP contribution in [0.1, 0.15) is 42.4 Å². The van der Waals surface area contributed by atoms with Gasteiger partial charge in [0.25, 0.3) is 11.8 Å². The zero-order chi connectivity index (χ0) is 25.4. The number of carbonyl (C=O) groups is 3. The molecule has 36 heavy (non-hydrogen) atoms. The van der Waals surface area contributed by atoms with Gasteiger partial charge in [0, 0.05) is 25.7 Å². The lowest BCUT2D eigenvalue weighted by Crippen LogP contribution is -2.47. The molecule has 1 aromatic heterocycles. The Morgan fingerprint density at radius 2 is 1.64 bits per heavy atom. The summed E-state index contributed by atoms with van der Waals surface area (Å²) >= 11 is 0. The van der Waals surface area contributed by atoms with E-state index < -0.39 is 23.9 Å². The monoisotopic (exact) mass is 490 g/mol. The van der Waals surface area contributed by atoms with Crippen LogP contribution in [0.3, 0.4) is 0 Å². The van der Waals surface area contributed by atoms with Gasteiger partial charge in [0.1, 0.15) is 11.7 Å². The molecule has 186 valence electrons. The summed E-state index contributed by atoms with van der Waals surface area (Å²) in [5.41, 5.74) is 2.26. The van der Waals surface area contributed by atoms with Crippen molar-refractivity contribution in [3.63, 3.8) is 0 Å². The van der Waals surface area contributed by atoms with Crippen LogP contribution in [0.2, 0.25) is 0 Å². The van der Waals surface area contributed by atoms with E-state index in [2.05, 4.69) is 0 Å². The third kappa shape index (κ3) is 4.55. The van der Waals surface area contributed by atoms with Gasteiger partial charge in [0.05, 0.1) is 36.3 Å². The second-order valence-electron chi connectivity index (χ2n) is 9.14. The predicted molar refractivity (Wildman–Crippen MR) is 130 cm³/mol. The van der Waals surface area contributed by atoms with Crippen molar-refractivity contribution in [2.75, 3.05) is 39.4 Å². The van der Waals surface area contributed by atoms with Crippen molar-refractivity contribution in [3.05, 3.63) is 80.7 Å². The minimum absolute atomic E-state index is 0.120. The first kappa shape index (κ1) is 23.9. The van der Waals surface area contributed by atoms with Gasteiger partial charge >= 0.3 is 5.97 Å². The SMILES string of the molecule is Cc1cc(C)c2c(=O)cc(C(=O)O[C@@H](CN3CCOCC3)CN3C(=O)c4ccccc4C3=O)oc2c1. The molecule has 5 rings (SSSR count). The summed E-state index contributed by atoms with van der Waals surface area (Å²) in [7, 11) is 0. The molecule has 1 fully saturated rings. The fourth-order valence-corrected chi connectivity index (χ4v) is 4.79. The largest absolute Gasteiger partial charge is 0.453 e. The summed E-state index contributed by atoms with van der Waals surface area (Å²) in [6.07, 6.45) is -0.835. The first-order valence-corrected chi connectivity index (χ1v) is 11.8. The first-order chi connectivity index (χ1) is 17.3. The molecule has 0 radical (unpaired) electrons. The molecule has 0 spiro atoms. The van der Waals surface area contributed by atoms with Crippen molar-refractivity contribution in [2.45, 2.75) is 20.0 Å². The van der Waals surface area contributed by atoms with Crippen molar-refractivity contribution >= 4 is 28.8 Å². The molecule has 9 nitrogen and oxygen atoms in total. The molecule has 0 N–H and O–H groups in total. The number of esters is 1. The van der Waals surface area contributed by atoms with Crippen LogP contribution in [0.5, 0.6) is 0 Å². The maximum atomic E-state index is 13.1. The van der Waals surface area contributed by atoms with E-state index in [-0.39, 0.29) is 17.7 Å². The van der Waals surface area contributed by atoms with E-state index in [1.165, 1.54) is 0 Å². The number of nitrogens with zero attached hydrogens (tertiary/aromatic N) is 2. The van der Waals surface area contributed by atoms with Crippen LogP contribution in [0, 0.1) is 13.8 Å². The van der Waals surface area contributed by atoms with Crippen molar-refractivity contribution in [1.29, 1.82) is 0 Å². The molecule has 3 aromatic rings. The predicted octanol–water partition coefficient (Wildman–Crippen LogP) is 2.56. The Kier molecular flexibility index (Phi) is 6.42. The molecule has 0 saturated carbocycles. The summed E-state index contributed by atoms with van der Waals surface area (Å²) in [6, 6.07) is 11.3.